The SMILES string of the molecule is CC1(c2ccccc2)c2ccccc2-c2cccc(-c3cc(-c4cccc(-c5cccc(-c6ccc7oc8ccccc8c7c6)c5)c4)nc(-c4ccccc4)n3)c21. The second-order valence-corrected chi connectivity index (χ2v) is 15.1. The summed E-state index contributed by atoms with van der Waals surface area (Å²) >= 11 is 0. The standard InChI is InChI=1S/C54H36N2O/c1-54(41-21-6-3-7-22-41)47-27-10-8-23-42(47)44-25-14-26-45(52(44)54)49-34-48(55-53(56-49)35-15-4-2-5-16-35)40-20-13-19-38(32-40)36-17-12-18-37(31-36)39-29-30-51-46(33-39)43-24-9-11-28-50(43)57-51/h2-34H,1H3. The second-order valence-electron chi connectivity index (χ2n) is 15.1. The Labute approximate surface area is 331 Å². The number of fused-ring (bicyclic) bond motifs is 6. The van der Waals surface area contributed by atoms with E-state index in [1.54, 1.807) is 0 Å². The van der Waals surface area contributed by atoms with Crippen LogP contribution in [0.3, 0.4) is 0 Å². The predicted octanol–water partition coefficient (Wildman–Crippen LogP) is 14.0. The minimum Gasteiger partial charge on any atom is -0.456 e. The number of hydrogen-bond acceptors (Lipinski definition) is 3. The summed E-state index contributed by atoms with van der Waals surface area (Å²) in [5.74, 6) is 0.701. The number of nitrogens with zero attached hydrogens (tertiary/aromatic N) is 2. The summed E-state index contributed by atoms with van der Waals surface area (Å²) in [5.41, 5.74) is 17.3. The molecule has 3 heteroatoms. The van der Waals surface area contributed by atoms with Crippen LogP contribution in [0.4, 0.5) is 0 Å². The number of furan rings is 1. The van der Waals surface area contributed by atoms with Crippen molar-refractivity contribution in [2.75, 3.05) is 0 Å². The Morgan fingerprint density at radius 2 is 0.947 bits per heavy atom. The number of hydrogen-bond donors (Lipinski definition) is 0. The number of benzene rings is 8. The Kier molecular flexibility index (Phi) is 7.61. The molecule has 0 saturated heterocycles. The molecule has 0 saturated carbocycles. The number of para-hydroxylation sites is 1. The first-order valence-corrected chi connectivity index (χ1v) is 19.5. The fourth-order valence-corrected chi connectivity index (χ4v) is 8.98. The van der Waals surface area contributed by atoms with Gasteiger partial charge in [0.15, 0.2) is 5.82 Å². The van der Waals surface area contributed by atoms with Gasteiger partial charge in [0.05, 0.1) is 11.4 Å². The summed E-state index contributed by atoms with van der Waals surface area (Å²) in [6.07, 6.45) is 0. The Morgan fingerprint density at radius 1 is 0.386 bits per heavy atom. The van der Waals surface area contributed by atoms with Gasteiger partial charge < -0.3 is 4.42 Å². The number of rotatable bonds is 6. The molecule has 0 amide bonds. The molecule has 2 heterocycles. The second kappa shape index (κ2) is 13.1. The van der Waals surface area contributed by atoms with Crippen LogP contribution in [-0.2, 0) is 5.41 Å². The fraction of sp³-hybridized carbons (Fsp3) is 0.0370. The van der Waals surface area contributed by atoms with E-state index in [0.717, 1.165) is 72.3 Å². The van der Waals surface area contributed by atoms with Crippen molar-refractivity contribution < 1.29 is 4.42 Å². The minimum absolute atomic E-state index is 0.373. The van der Waals surface area contributed by atoms with Gasteiger partial charge in [-0.15, -0.1) is 0 Å². The summed E-state index contributed by atoms with van der Waals surface area (Å²) in [6, 6.07) is 71.1. The third-order valence-electron chi connectivity index (χ3n) is 11.8. The largest absolute Gasteiger partial charge is 0.456 e. The van der Waals surface area contributed by atoms with Gasteiger partial charge in [0.25, 0.3) is 0 Å². The van der Waals surface area contributed by atoms with E-state index >= 15 is 0 Å². The van der Waals surface area contributed by atoms with E-state index < -0.39 is 0 Å². The summed E-state index contributed by atoms with van der Waals surface area (Å²) < 4.78 is 6.12. The molecule has 0 aliphatic heterocycles. The molecule has 0 N–H and O–H groups in total. The van der Waals surface area contributed by atoms with Crippen LogP contribution in [-0.4, -0.2) is 9.97 Å². The lowest BCUT2D eigenvalue weighted by Gasteiger charge is -2.30. The molecule has 1 aliphatic rings. The molecule has 268 valence electrons. The highest BCUT2D eigenvalue weighted by atomic mass is 16.3. The van der Waals surface area contributed by atoms with Crippen LogP contribution in [0.1, 0.15) is 23.6 Å². The third kappa shape index (κ3) is 5.43. The van der Waals surface area contributed by atoms with Crippen molar-refractivity contribution in [1.29, 1.82) is 0 Å². The number of aromatic nitrogens is 2. The van der Waals surface area contributed by atoms with Gasteiger partial charge in [-0.25, -0.2) is 9.97 Å². The lowest BCUT2D eigenvalue weighted by Crippen LogP contribution is -2.23. The molecule has 3 nitrogen and oxygen atoms in total. The topological polar surface area (TPSA) is 38.9 Å². The molecule has 11 rings (SSSR count). The molecule has 0 fully saturated rings. The van der Waals surface area contributed by atoms with Gasteiger partial charge in [0.1, 0.15) is 11.2 Å². The predicted molar refractivity (Wildman–Crippen MR) is 234 cm³/mol. The Balaban J connectivity index is 1.05. The molecule has 0 spiro atoms. The van der Waals surface area contributed by atoms with Crippen molar-refractivity contribution in [2.45, 2.75) is 12.3 Å². The van der Waals surface area contributed by atoms with Gasteiger partial charge in [-0.3, -0.25) is 0 Å². The highest BCUT2D eigenvalue weighted by Gasteiger charge is 2.42. The molecule has 1 unspecified atom stereocenters. The highest BCUT2D eigenvalue weighted by Crippen LogP contribution is 2.55. The van der Waals surface area contributed by atoms with E-state index in [1.165, 1.54) is 27.8 Å². The van der Waals surface area contributed by atoms with Crippen molar-refractivity contribution in [3.8, 4) is 67.3 Å². The molecule has 2 aromatic heterocycles. The van der Waals surface area contributed by atoms with E-state index in [2.05, 4.69) is 189 Å². The van der Waals surface area contributed by atoms with Gasteiger partial charge in [-0.2, -0.15) is 0 Å². The first-order valence-electron chi connectivity index (χ1n) is 19.5. The zero-order valence-electron chi connectivity index (χ0n) is 31.4. The van der Waals surface area contributed by atoms with Crippen LogP contribution < -0.4 is 0 Å². The van der Waals surface area contributed by atoms with Crippen LogP contribution in [0, 0.1) is 0 Å². The molecule has 10 aromatic rings. The van der Waals surface area contributed by atoms with Gasteiger partial charge in [-0.05, 0) is 93.4 Å². The summed E-state index contributed by atoms with van der Waals surface area (Å²) in [4.78, 5) is 10.6. The summed E-state index contributed by atoms with van der Waals surface area (Å²) in [7, 11) is 0. The van der Waals surface area contributed by atoms with Crippen LogP contribution in [0.5, 0.6) is 0 Å². The third-order valence-corrected chi connectivity index (χ3v) is 11.8. The molecule has 8 aromatic carbocycles. The first-order chi connectivity index (χ1) is 28.1. The van der Waals surface area contributed by atoms with Crippen molar-refractivity contribution in [3.05, 3.63) is 217 Å². The lowest BCUT2D eigenvalue weighted by atomic mass is 9.72. The van der Waals surface area contributed by atoms with E-state index in [9.17, 15) is 0 Å². The first kappa shape index (κ1) is 33.0. The zero-order valence-corrected chi connectivity index (χ0v) is 31.4. The van der Waals surface area contributed by atoms with Crippen LogP contribution in [0.25, 0.3) is 89.2 Å². The molecule has 0 radical (unpaired) electrons. The van der Waals surface area contributed by atoms with Gasteiger partial charge in [-0.1, -0.05) is 164 Å². The lowest BCUT2D eigenvalue weighted by molar-refractivity contribution is 0.669. The average Bonchev–Trinajstić information content (AvgIpc) is 3.80. The molecule has 1 atom stereocenters. The fourth-order valence-electron chi connectivity index (χ4n) is 8.98. The van der Waals surface area contributed by atoms with Gasteiger partial charge >= 0.3 is 0 Å². The summed E-state index contributed by atoms with van der Waals surface area (Å²) in [6.45, 7) is 2.36. The maximum absolute atomic E-state index is 6.12. The van der Waals surface area contributed by atoms with Crippen molar-refractivity contribution in [3.63, 3.8) is 0 Å². The molecular weight excluding hydrogens is 693 g/mol. The normalized spacial score (nSPS) is 14.5. The van der Waals surface area contributed by atoms with Gasteiger partial charge in [0.2, 0.25) is 0 Å². The van der Waals surface area contributed by atoms with Crippen molar-refractivity contribution >= 4 is 21.9 Å². The molecule has 0 bridgehead atoms. The van der Waals surface area contributed by atoms with E-state index in [0.29, 0.717) is 5.82 Å². The van der Waals surface area contributed by atoms with Gasteiger partial charge in [0, 0.05) is 32.9 Å². The Hall–Kier alpha value is -7.36. The quantitative estimate of drug-likeness (QED) is 0.171. The van der Waals surface area contributed by atoms with Crippen molar-refractivity contribution in [2.24, 2.45) is 0 Å². The molecular formula is C54H36N2O. The smallest absolute Gasteiger partial charge is 0.160 e. The maximum Gasteiger partial charge on any atom is 0.160 e. The monoisotopic (exact) mass is 728 g/mol. The highest BCUT2D eigenvalue weighted by molar-refractivity contribution is 6.06. The minimum atomic E-state index is -0.373. The summed E-state index contributed by atoms with van der Waals surface area (Å²) in [5, 5.41) is 2.26. The maximum atomic E-state index is 6.12. The van der Waals surface area contributed by atoms with E-state index in [1.807, 2.05) is 18.2 Å². The Morgan fingerprint density at radius 3 is 1.75 bits per heavy atom. The van der Waals surface area contributed by atoms with Crippen LogP contribution >= 0.6 is 0 Å². The molecule has 1 aliphatic carbocycles. The molecule has 57 heavy (non-hydrogen) atoms. The zero-order chi connectivity index (χ0) is 37.9. The van der Waals surface area contributed by atoms with Crippen LogP contribution in [0.2, 0.25) is 0 Å². The van der Waals surface area contributed by atoms with E-state index in [4.69, 9.17) is 14.4 Å². The Bertz CT molecular complexity index is 3140. The van der Waals surface area contributed by atoms with Crippen LogP contribution in [0.15, 0.2) is 205 Å². The van der Waals surface area contributed by atoms with E-state index in [-0.39, 0.29) is 5.41 Å². The van der Waals surface area contributed by atoms with Crippen molar-refractivity contribution in [1.82, 2.24) is 9.97 Å². The average molecular weight is 729 g/mol.